The van der Waals surface area contributed by atoms with Crippen molar-refractivity contribution in [3.05, 3.63) is 53.2 Å². The smallest absolute Gasteiger partial charge is 0.356 e. The molecule has 3 rings (SSSR count). The van der Waals surface area contributed by atoms with Crippen LogP contribution in [0.3, 0.4) is 0 Å². The van der Waals surface area contributed by atoms with E-state index in [1.807, 2.05) is 42.6 Å². The Bertz CT molecular complexity index is 762. The minimum atomic E-state index is -1.05. The Morgan fingerprint density at radius 1 is 1.30 bits per heavy atom. The average molecular weight is 285 g/mol. The summed E-state index contributed by atoms with van der Waals surface area (Å²) in [7, 11) is 0. The highest BCUT2D eigenvalue weighted by Crippen LogP contribution is 2.25. The molecule has 6 heteroatoms. The molecule has 0 saturated heterocycles. The predicted molar refractivity (Wildman–Crippen MR) is 76.4 cm³/mol. The van der Waals surface area contributed by atoms with Crippen molar-refractivity contribution in [1.29, 1.82) is 0 Å². The van der Waals surface area contributed by atoms with Crippen molar-refractivity contribution in [1.82, 2.24) is 14.8 Å². The third-order valence-corrected chi connectivity index (χ3v) is 3.72. The minimum Gasteiger partial charge on any atom is -0.476 e. The van der Waals surface area contributed by atoms with Gasteiger partial charge in [-0.3, -0.25) is 0 Å². The molecule has 100 valence electrons. The summed E-state index contributed by atoms with van der Waals surface area (Å²) >= 11 is 1.43. The van der Waals surface area contributed by atoms with Crippen LogP contribution < -0.4 is 0 Å². The lowest BCUT2D eigenvalue weighted by Gasteiger charge is -2.03. The number of carboxylic acid groups (broad SMARTS) is 1. The van der Waals surface area contributed by atoms with Gasteiger partial charge in [0.25, 0.3) is 0 Å². The summed E-state index contributed by atoms with van der Waals surface area (Å²) in [6.07, 6.45) is 0. The zero-order valence-electron chi connectivity index (χ0n) is 10.6. The van der Waals surface area contributed by atoms with Gasteiger partial charge in [0.15, 0.2) is 5.69 Å². The zero-order valence-corrected chi connectivity index (χ0v) is 11.5. The van der Waals surface area contributed by atoms with Gasteiger partial charge < -0.3 is 5.11 Å². The van der Waals surface area contributed by atoms with E-state index in [9.17, 15) is 4.79 Å². The van der Waals surface area contributed by atoms with Gasteiger partial charge in [-0.2, -0.15) is 5.10 Å². The van der Waals surface area contributed by atoms with E-state index in [1.54, 1.807) is 10.7 Å². The quantitative estimate of drug-likeness (QED) is 0.803. The summed E-state index contributed by atoms with van der Waals surface area (Å²) in [5.74, 6) is -1.05. The van der Waals surface area contributed by atoms with Gasteiger partial charge in [-0.1, -0.05) is 30.3 Å². The van der Waals surface area contributed by atoms with Crippen molar-refractivity contribution < 1.29 is 9.90 Å². The first-order valence-corrected chi connectivity index (χ1v) is 6.84. The van der Waals surface area contributed by atoms with Crippen LogP contribution in [0.5, 0.6) is 0 Å². The summed E-state index contributed by atoms with van der Waals surface area (Å²) in [6, 6.07) is 11.1. The topological polar surface area (TPSA) is 68.0 Å². The van der Waals surface area contributed by atoms with Gasteiger partial charge in [0, 0.05) is 10.9 Å². The number of nitrogens with zero attached hydrogens (tertiary/aromatic N) is 3. The maximum atomic E-state index is 11.1. The second kappa shape index (κ2) is 4.90. The highest BCUT2D eigenvalue weighted by atomic mass is 32.1. The summed E-state index contributed by atoms with van der Waals surface area (Å²) < 4.78 is 1.58. The number of aromatic nitrogens is 3. The summed E-state index contributed by atoms with van der Waals surface area (Å²) in [5, 5.41) is 15.8. The standard InChI is InChI=1S/C14H11N3O2S/c1-9-8-20-14(15-9)17-12(7-11(16-17)13(18)19)10-5-3-2-4-6-10/h2-8H,1H3,(H,18,19). The van der Waals surface area contributed by atoms with Crippen molar-refractivity contribution in [3.8, 4) is 16.4 Å². The maximum absolute atomic E-state index is 11.1. The highest BCUT2D eigenvalue weighted by molar-refractivity contribution is 7.12. The molecule has 0 fully saturated rings. The molecule has 1 aromatic carbocycles. The van der Waals surface area contributed by atoms with E-state index in [-0.39, 0.29) is 5.69 Å². The van der Waals surface area contributed by atoms with Crippen LogP contribution in [0.15, 0.2) is 41.8 Å². The van der Waals surface area contributed by atoms with Crippen LogP contribution in [0.4, 0.5) is 0 Å². The van der Waals surface area contributed by atoms with Crippen molar-refractivity contribution in [2.75, 3.05) is 0 Å². The van der Waals surface area contributed by atoms with Crippen LogP contribution in [-0.2, 0) is 0 Å². The van der Waals surface area contributed by atoms with Gasteiger partial charge >= 0.3 is 5.97 Å². The van der Waals surface area contributed by atoms with Crippen molar-refractivity contribution in [2.24, 2.45) is 0 Å². The van der Waals surface area contributed by atoms with Crippen LogP contribution >= 0.6 is 11.3 Å². The number of carboxylic acids is 1. The molecule has 0 atom stereocenters. The Labute approximate surface area is 119 Å². The van der Waals surface area contributed by atoms with Crippen molar-refractivity contribution in [2.45, 2.75) is 6.92 Å². The molecule has 0 bridgehead atoms. The van der Waals surface area contributed by atoms with Crippen molar-refractivity contribution >= 4 is 17.3 Å². The van der Waals surface area contributed by atoms with E-state index >= 15 is 0 Å². The van der Waals surface area contributed by atoms with Crippen molar-refractivity contribution in [3.63, 3.8) is 0 Å². The molecule has 0 amide bonds. The van der Waals surface area contributed by atoms with E-state index in [0.29, 0.717) is 5.13 Å². The first-order chi connectivity index (χ1) is 9.65. The molecule has 3 aromatic rings. The molecular formula is C14H11N3O2S. The number of benzene rings is 1. The molecule has 2 heterocycles. The number of hydrogen-bond acceptors (Lipinski definition) is 4. The zero-order chi connectivity index (χ0) is 14.1. The third kappa shape index (κ3) is 2.21. The van der Waals surface area contributed by atoms with Crippen LogP contribution in [0.1, 0.15) is 16.2 Å². The second-order valence-corrected chi connectivity index (χ2v) is 5.11. The number of rotatable bonds is 3. The molecule has 0 aliphatic rings. The molecule has 0 saturated carbocycles. The van der Waals surface area contributed by atoms with Gasteiger partial charge in [0.05, 0.1) is 11.4 Å². The van der Waals surface area contributed by atoms with Gasteiger partial charge in [0.2, 0.25) is 5.13 Å². The molecule has 20 heavy (non-hydrogen) atoms. The number of aromatic carboxylic acids is 1. The Hall–Kier alpha value is -2.47. The lowest BCUT2D eigenvalue weighted by molar-refractivity contribution is 0.0690. The van der Waals surface area contributed by atoms with E-state index in [1.165, 1.54) is 11.3 Å². The fourth-order valence-electron chi connectivity index (χ4n) is 1.88. The molecule has 0 unspecified atom stereocenters. The molecule has 0 aliphatic heterocycles. The van der Waals surface area contributed by atoms with E-state index in [4.69, 9.17) is 5.11 Å². The van der Waals surface area contributed by atoms with Crippen LogP contribution in [0, 0.1) is 6.92 Å². The summed E-state index contributed by atoms with van der Waals surface area (Å²) in [5.41, 5.74) is 2.52. The van der Waals surface area contributed by atoms with Gasteiger partial charge in [-0.15, -0.1) is 11.3 Å². The SMILES string of the molecule is Cc1csc(-n2nc(C(=O)O)cc2-c2ccccc2)n1. The highest BCUT2D eigenvalue weighted by Gasteiger charge is 2.17. The van der Waals surface area contributed by atoms with Crippen LogP contribution in [0.2, 0.25) is 0 Å². The average Bonchev–Trinajstić information content (AvgIpc) is 3.05. The second-order valence-electron chi connectivity index (χ2n) is 4.27. The maximum Gasteiger partial charge on any atom is 0.356 e. The van der Waals surface area contributed by atoms with Gasteiger partial charge in [-0.25, -0.2) is 14.5 Å². The van der Waals surface area contributed by atoms with Gasteiger partial charge in [-0.05, 0) is 13.0 Å². The first-order valence-electron chi connectivity index (χ1n) is 5.96. The summed E-state index contributed by atoms with van der Waals surface area (Å²) in [6.45, 7) is 1.89. The minimum absolute atomic E-state index is 0.0108. The fraction of sp³-hybridized carbons (Fsp3) is 0.0714. The lowest BCUT2D eigenvalue weighted by Crippen LogP contribution is -2.02. The third-order valence-electron chi connectivity index (χ3n) is 2.79. The van der Waals surface area contributed by atoms with E-state index in [2.05, 4.69) is 10.1 Å². The lowest BCUT2D eigenvalue weighted by atomic mass is 10.1. The fourth-order valence-corrected chi connectivity index (χ4v) is 2.65. The Balaban J connectivity index is 2.20. The monoisotopic (exact) mass is 285 g/mol. The summed E-state index contributed by atoms with van der Waals surface area (Å²) in [4.78, 5) is 15.5. The molecule has 2 aromatic heterocycles. The largest absolute Gasteiger partial charge is 0.476 e. The number of thiazole rings is 1. The molecule has 0 aliphatic carbocycles. The Morgan fingerprint density at radius 2 is 2.05 bits per heavy atom. The molecule has 0 radical (unpaired) electrons. The van der Waals surface area contributed by atoms with E-state index in [0.717, 1.165) is 17.0 Å². The van der Waals surface area contributed by atoms with Gasteiger partial charge in [0.1, 0.15) is 0 Å². The molecular weight excluding hydrogens is 274 g/mol. The molecule has 5 nitrogen and oxygen atoms in total. The Kier molecular flexibility index (Phi) is 3.08. The number of aryl methyl sites for hydroxylation is 1. The Morgan fingerprint density at radius 3 is 2.65 bits per heavy atom. The van der Waals surface area contributed by atoms with E-state index < -0.39 is 5.97 Å². The molecule has 1 N–H and O–H groups in total. The number of hydrogen-bond donors (Lipinski definition) is 1. The molecule has 0 spiro atoms. The normalized spacial score (nSPS) is 10.7. The van der Waals surface area contributed by atoms with Crippen LogP contribution in [-0.4, -0.2) is 25.8 Å². The predicted octanol–water partition coefficient (Wildman–Crippen LogP) is 3.00. The number of carbonyl (C=O) groups is 1. The van der Waals surface area contributed by atoms with Crippen LogP contribution in [0.25, 0.3) is 16.4 Å². The first kappa shape index (κ1) is 12.6.